The Kier molecular flexibility index (Phi) is 29.5. The molecule has 0 saturated carbocycles. The van der Waals surface area contributed by atoms with Crippen molar-refractivity contribution in [1.82, 2.24) is 0 Å². The molecule has 49 heavy (non-hydrogen) atoms. The number of carboxylic acid groups (broad SMARTS) is 1. The third-order valence-electron chi connectivity index (χ3n) is 7.44. The van der Waals surface area contributed by atoms with Crippen molar-refractivity contribution in [3.63, 3.8) is 0 Å². The first kappa shape index (κ1) is 45.5. The zero-order chi connectivity index (χ0) is 36.4. The van der Waals surface area contributed by atoms with Gasteiger partial charge in [-0.2, -0.15) is 0 Å². The Morgan fingerprint density at radius 3 is 1.80 bits per heavy atom. The highest BCUT2D eigenvalue weighted by Crippen LogP contribution is 2.10. The van der Waals surface area contributed by atoms with Crippen LogP contribution in [0.3, 0.4) is 0 Å². The molecule has 0 heterocycles. The summed E-state index contributed by atoms with van der Waals surface area (Å²) in [5.41, 5.74) is 0. The Labute approximate surface area is 297 Å². The van der Waals surface area contributed by atoms with Gasteiger partial charge in [-0.05, 0) is 44.9 Å². The molecular weight excluding hydrogens is 618 g/mol. The number of aliphatic carboxylic acids is 1. The standard InChI is InChI=1S/C41H65NO7/c1-6-8-10-12-14-16-17-18-19-20-21-22-23-24-26-28-30-32-40(44)49-37(35-47-34-33-38(41(45)46)42(3,4)5)36-48-39(43)31-29-27-25-15-13-11-9-7-2/h8,10,12,14,16-23,25,27,37-38H,6-7,9,11,13,15,24,26,28-36H2,1-5H3/b10-8+,14-12+,17-16+,19-18+,21-20+,23-22+,27-25+. The van der Waals surface area contributed by atoms with E-state index in [0.29, 0.717) is 12.8 Å². The van der Waals surface area contributed by atoms with Gasteiger partial charge in [-0.1, -0.05) is 125 Å². The van der Waals surface area contributed by atoms with Gasteiger partial charge in [0.25, 0.3) is 0 Å². The Balaban J connectivity index is 4.59. The zero-order valence-electron chi connectivity index (χ0n) is 31.1. The molecule has 0 saturated heterocycles. The summed E-state index contributed by atoms with van der Waals surface area (Å²) < 4.78 is 16.9. The second-order valence-corrected chi connectivity index (χ2v) is 12.9. The number of quaternary nitrogens is 1. The van der Waals surface area contributed by atoms with Crippen LogP contribution in [-0.2, 0) is 28.6 Å². The second-order valence-electron chi connectivity index (χ2n) is 12.9. The van der Waals surface area contributed by atoms with Gasteiger partial charge in [-0.3, -0.25) is 9.59 Å². The number of hydrogen-bond acceptors (Lipinski definition) is 7. The molecule has 0 fully saturated rings. The van der Waals surface area contributed by atoms with Gasteiger partial charge in [0, 0.05) is 19.3 Å². The van der Waals surface area contributed by atoms with E-state index in [4.69, 9.17) is 14.2 Å². The van der Waals surface area contributed by atoms with Crippen molar-refractivity contribution in [3.8, 4) is 0 Å². The number of carbonyl (C=O) groups excluding carboxylic acids is 3. The van der Waals surface area contributed by atoms with Crippen molar-refractivity contribution in [2.24, 2.45) is 0 Å². The summed E-state index contributed by atoms with van der Waals surface area (Å²) in [4.78, 5) is 36.5. The number of allylic oxidation sites excluding steroid dienone is 14. The molecule has 0 N–H and O–H groups in total. The van der Waals surface area contributed by atoms with Crippen molar-refractivity contribution in [2.75, 3.05) is 41.0 Å². The number of carboxylic acids is 1. The molecule has 0 spiro atoms. The van der Waals surface area contributed by atoms with Gasteiger partial charge in [0.1, 0.15) is 12.6 Å². The van der Waals surface area contributed by atoms with E-state index in [1.165, 1.54) is 19.3 Å². The summed E-state index contributed by atoms with van der Waals surface area (Å²) >= 11 is 0. The lowest BCUT2D eigenvalue weighted by Gasteiger charge is -2.34. The fraction of sp³-hybridized carbons (Fsp3) is 0.585. The van der Waals surface area contributed by atoms with Crippen LogP contribution in [0.15, 0.2) is 85.1 Å². The molecular formula is C41H65NO7. The van der Waals surface area contributed by atoms with Crippen LogP contribution in [-0.4, -0.2) is 75.5 Å². The first-order chi connectivity index (χ1) is 23.6. The quantitative estimate of drug-likeness (QED) is 0.0252. The van der Waals surface area contributed by atoms with Gasteiger partial charge < -0.3 is 28.6 Å². The summed E-state index contributed by atoms with van der Waals surface area (Å²) in [5, 5.41) is 11.6. The highest BCUT2D eigenvalue weighted by Gasteiger charge is 2.25. The third kappa shape index (κ3) is 30.3. The maximum atomic E-state index is 12.6. The molecule has 0 aliphatic rings. The minimum absolute atomic E-state index is 0.00503. The summed E-state index contributed by atoms with van der Waals surface area (Å²) in [6.45, 7) is 4.33. The molecule has 0 rings (SSSR count). The monoisotopic (exact) mass is 683 g/mol. The van der Waals surface area contributed by atoms with Crippen molar-refractivity contribution in [3.05, 3.63) is 85.1 Å². The van der Waals surface area contributed by atoms with E-state index in [1.807, 2.05) is 66.8 Å². The molecule has 0 radical (unpaired) electrons. The number of carbonyl (C=O) groups is 3. The predicted octanol–water partition coefficient (Wildman–Crippen LogP) is 7.68. The minimum Gasteiger partial charge on any atom is -0.544 e. The normalized spacial score (nSPS) is 14.1. The Morgan fingerprint density at radius 1 is 0.633 bits per heavy atom. The van der Waals surface area contributed by atoms with Crippen LogP contribution in [0.25, 0.3) is 0 Å². The van der Waals surface area contributed by atoms with Crippen LogP contribution in [0.2, 0.25) is 0 Å². The summed E-state index contributed by atoms with van der Waals surface area (Å²) in [5.74, 6) is -1.88. The van der Waals surface area contributed by atoms with Crippen LogP contribution in [0.1, 0.15) is 104 Å². The third-order valence-corrected chi connectivity index (χ3v) is 7.44. The van der Waals surface area contributed by atoms with Gasteiger partial charge in [0.05, 0.1) is 40.3 Å². The molecule has 2 unspecified atom stereocenters. The van der Waals surface area contributed by atoms with Crippen molar-refractivity contribution >= 4 is 17.9 Å². The Hall–Kier alpha value is -3.49. The highest BCUT2D eigenvalue weighted by molar-refractivity contribution is 5.70. The van der Waals surface area contributed by atoms with E-state index < -0.39 is 18.1 Å². The first-order valence-corrected chi connectivity index (χ1v) is 18.2. The number of nitrogens with zero attached hydrogens (tertiary/aromatic N) is 1. The lowest BCUT2D eigenvalue weighted by atomic mass is 10.1. The number of unbranched alkanes of at least 4 members (excludes halogenated alkanes) is 7. The summed E-state index contributed by atoms with van der Waals surface area (Å²) in [7, 11) is 5.35. The lowest BCUT2D eigenvalue weighted by Crippen LogP contribution is -2.55. The zero-order valence-corrected chi connectivity index (χ0v) is 31.1. The van der Waals surface area contributed by atoms with Crippen molar-refractivity contribution in [1.29, 1.82) is 0 Å². The molecule has 0 bridgehead atoms. The fourth-order valence-corrected chi connectivity index (χ4v) is 4.59. The van der Waals surface area contributed by atoms with Crippen LogP contribution < -0.4 is 5.11 Å². The second kappa shape index (κ2) is 31.8. The Morgan fingerprint density at radius 2 is 1.20 bits per heavy atom. The first-order valence-electron chi connectivity index (χ1n) is 18.2. The smallest absolute Gasteiger partial charge is 0.306 e. The maximum absolute atomic E-state index is 12.6. The lowest BCUT2D eigenvalue weighted by molar-refractivity contribution is -0.889. The molecule has 0 aliphatic heterocycles. The van der Waals surface area contributed by atoms with E-state index in [0.717, 1.165) is 38.5 Å². The van der Waals surface area contributed by atoms with Gasteiger partial charge in [-0.15, -0.1) is 0 Å². The van der Waals surface area contributed by atoms with Crippen LogP contribution in [0.4, 0.5) is 0 Å². The molecule has 0 aromatic carbocycles. The summed E-state index contributed by atoms with van der Waals surface area (Å²) in [6, 6.07) is -0.741. The van der Waals surface area contributed by atoms with Gasteiger partial charge in [0.2, 0.25) is 0 Å². The predicted molar refractivity (Wildman–Crippen MR) is 198 cm³/mol. The van der Waals surface area contributed by atoms with E-state index in [9.17, 15) is 19.5 Å². The number of rotatable bonds is 30. The number of likely N-dealkylation sites (N-methyl/N-ethyl adjacent to an activating group) is 1. The number of ether oxygens (including phenoxy) is 3. The minimum atomic E-state index is -1.14. The number of esters is 2. The molecule has 0 aromatic rings. The molecule has 0 amide bonds. The maximum Gasteiger partial charge on any atom is 0.306 e. The van der Waals surface area contributed by atoms with Gasteiger partial charge in [0.15, 0.2) is 6.10 Å². The largest absolute Gasteiger partial charge is 0.544 e. The van der Waals surface area contributed by atoms with E-state index in [-0.39, 0.29) is 55.5 Å². The van der Waals surface area contributed by atoms with Gasteiger partial charge >= 0.3 is 11.9 Å². The molecule has 0 aliphatic carbocycles. The Bertz CT molecular complexity index is 1080. The van der Waals surface area contributed by atoms with E-state index in [1.54, 1.807) is 21.1 Å². The van der Waals surface area contributed by atoms with Crippen molar-refractivity contribution < 1.29 is 38.2 Å². The summed E-state index contributed by atoms with van der Waals surface area (Å²) in [6.07, 6.45) is 39.2. The number of hydrogen-bond donors (Lipinski definition) is 0. The SMILES string of the molecule is CC/C=C/C=C/C=C/C=C/C=C/C=C/CCCCCC(=O)OC(COCCC(C(=O)[O-])[N+](C)(C)C)COC(=O)CC/C=C/CCCCCC. The van der Waals surface area contributed by atoms with Gasteiger partial charge in [-0.25, -0.2) is 0 Å². The van der Waals surface area contributed by atoms with Crippen molar-refractivity contribution in [2.45, 2.75) is 116 Å². The highest BCUT2D eigenvalue weighted by atomic mass is 16.6. The van der Waals surface area contributed by atoms with E-state index in [2.05, 4.69) is 32.1 Å². The molecule has 2 atom stereocenters. The molecule has 8 heteroatoms. The molecule has 0 aromatic heterocycles. The average Bonchev–Trinajstić information content (AvgIpc) is 3.05. The van der Waals surface area contributed by atoms with E-state index >= 15 is 0 Å². The molecule has 276 valence electrons. The van der Waals surface area contributed by atoms with Crippen LogP contribution in [0, 0.1) is 0 Å². The fourth-order valence-electron chi connectivity index (χ4n) is 4.59. The van der Waals surface area contributed by atoms with Crippen LogP contribution in [0.5, 0.6) is 0 Å². The van der Waals surface area contributed by atoms with Crippen LogP contribution >= 0.6 is 0 Å². The topological polar surface area (TPSA) is 102 Å². The average molecular weight is 684 g/mol. The molecule has 8 nitrogen and oxygen atoms in total.